The SMILES string of the molecule is C[C@@H](Cc1ccccc1)NC(=O)/C(=C/c1c[nH]c2ccccc12)NC(=O)c1ccccc1. The third-order valence-corrected chi connectivity index (χ3v) is 5.21. The van der Waals surface area contributed by atoms with E-state index in [0.717, 1.165) is 22.0 Å². The van der Waals surface area contributed by atoms with Crippen LogP contribution in [0.4, 0.5) is 0 Å². The highest BCUT2D eigenvalue weighted by Gasteiger charge is 2.17. The summed E-state index contributed by atoms with van der Waals surface area (Å²) in [6, 6.07) is 26.6. The lowest BCUT2D eigenvalue weighted by atomic mass is 10.1. The number of carbonyl (C=O) groups excluding carboxylic acids is 2. The lowest BCUT2D eigenvalue weighted by molar-refractivity contribution is -0.118. The van der Waals surface area contributed by atoms with Gasteiger partial charge in [0.1, 0.15) is 5.70 Å². The largest absolute Gasteiger partial charge is 0.361 e. The molecule has 0 saturated carbocycles. The third-order valence-electron chi connectivity index (χ3n) is 5.21. The quantitative estimate of drug-likeness (QED) is 0.378. The molecular weight excluding hydrogens is 398 g/mol. The van der Waals surface area contributed by atoms with Crippen LogP contribution in [0.15, 0.2) is 96.8 Å². The van der Waals surface area contributed by atoms with Crippen LogP contribution < -0.4 is 10.6 Å². The summed E-state index contributed by atoms with van der Waals surface area (Å²) in [6.07, 6.45) is 4.24. The zero-order chi connectivity index (χ0) is 22.3. The monoisotopic (exact) mass is 423 g/mol. The van der Waals surface area contributed by atoms with Gasteiger partial charge in [0, 0.05) is 34.3 Å². The molecule has 0 spiro atoms. The zero-order valence-corrected chi connectivity index (χ0v) is 17.8. The number of carbonyl (C=O) groups is 2. The normalized spacial score (nSPS) is 12.3. The number of aromatic nitrogens is 1. The van der Waals surface area contributed by atoms with Gasteiger partial charge in [0.05, 0.1) is 0 Å². The van der Waals surface area contributed by atoms with Crippen LogP contribution in [0.1, 0.15) is 28.4 Å². The second-order valence-corrected chi connectivity index (χ2v) is 7.73. The van der Waals surface area contributed by atoms with Gasteiger partial charge in [-0.15, -0.1) is 0 Å². The standard InChI is InChI=1S/C27H25N3O2/c1-19(16-20-10-4-2-5-11-20)29-27(32)25(30-26(31)21-12-6-3-7-13-21)17-22-18-28-24-15-9-8-14-23(22)24/h2-15,17-19,28H,16H2,1H3,(H,29,32)(H,30,31)/b25-17-/t19-/m0/s1. The van der Waals surface area contributed by atoms with E-state index in [9.17, 15) is 9.59 Å². The zero-order valence-electron chi connectivity index (χ0n) is 17.8. The molecule has 4 rings (SSSR count). The van der Waals surface area contributed by atoms with Crippen molar-refractivity contribution in [2.45, 2.75) is 19.4 Å². The number of aromatic amines is 1. The summed E-state index contributed by atoms with van der Waals surface area (Å²) in [6.45, 7) is 1.95. The summed E-state index contributed by atoms with van der Waals surface area (Å²) in [5, 5.41) is 6.79. The van der Waals surface area contributed by atoms with Crippen LogP contribution in [0.5, 0.6) is 0 Å². The summed E-state index contributed by atoms with van der Waals surface area (Å²) < 4.78 is 0. The van der Waals surface area contributed by atoms with Gasteiger partial charge in [-0.25, -0.2) is 0 Å². The van der Waals surface area contributed by atoms with Gasteiger partial charge in [0.2, 0.25) is 0 Å². The third kappa shape index (κ3) is 5.13. The molecular formula is C27H25N3O2. The van der Waals surface area contributed by atoms with Crippen molar-refractivity contribution < 1.29 is 9.59 Å². The molecule has 1 heterocycles. The number of fused-ring (bicyclic) bond motifs is 1. The van der Waals surface area contributed by atoms with E-state index in [1.54, 1.807) is 30.3 Å². The Bertz CT molecular complexity index is 1240. The van der Waals surface area contributed by atoms with Crippen molar-refractivity contribution in [2.24, 2.45) is 0 Å². The van der Waals surface area contributed by atoms with E-state index in [1.165, 1.54) is 0 Å². The summed E-state index contributed by atoms with van der Waals surface area (Å²) in [7, 11) is 0. The first-order valence-corrected chi connectivity index (χ1v) is 10.6. The van der Waals surface area contributed by atoms with E-state index in [4.69, 9.17) is 0 Å². The van der Waals surface area contributed by atoms with Crippen LogP contribution in [0.2, 0.25) is 0 Å². The van der Waals surface area contributed by atoms with Crippen molar-refractivity contribution >= 4 is 28.8 Å². The summed E-state index contributed by atoms with van der Waals surface area (Å²) in [5.74, 6) is -0.662. The maximum atomic E-state index is 13.2. The minimum absolute atomic E-state index is 0.107. The maximum absolute atomic E-state index is 13.2. The lowest BCUT2D eigenvalue weighted by Gasteiger charge is -2.16. The van der Waals surface area contributed by atoms with Crippen molar-refractivity contribution in [3.05, 3.63) is 114 Å². The Morgan fingerprint density at radius 3 is 2.31 bits per heavy atom. The van der Waals surface area contributed by atoms with E-state index >= 15 is 0 Å². The predicted octanol–water partition coefficient (Wildman–Crippen LogP) is 4.69. The number of benzene rings is 3. The molecule has 1 aromatic heterocycles. The van der Waals surface area contributed by atoms with Crippen LogP contribution in [0, 0.1) is 0 Å². The molecule has 0 fully saturated rings. The van der Waals surface area contributed by atoms with Gasteiger partial charge in [0.15, 0.2) is 0 Å². The molecule has 0 bridgehead atoms. The Morgan fingerprint density at radius 1 is 0.906 bits per heavy atom. The highest BCUT2D eigenvalue weighted by Crippen LogP contribution is 2.20. The fourth-order valence-corrected chi connectivity index (χ4v) is 3.63. The summed E-state index contributed by atoms with van der Waals surface area (Å²) in [5.41, 5.74) is 3.61. The van der Waals surface area contributed by atoms with Crippen molar-refractivity contribution in [1.82, 2.24) is 15.6 Å². The van der Waals surface area contributed by atoms with Gasteiger partial charge in [-0.1, -0.05) is 66.7 Å². The Kier molecular flexibility index (Phi) is 6.46. The summed E-state index contributed by atoms with van der Waals surface area (Å²) in [4.78, 5) is 29.2. The number of H-pyrrole nitrogens is 1. The second-order valence-electron chi connectivity index (χ2n) is 7.73. The molecule has 0 radical (unpaired) electrons. The van der Waals surface area contributed by atoms with Gasteiger partial charge in [-0.2, -0.15) is 0 Å². The van der Waals surface area contributed by atoms with Crippen LogP contribution in [-0.2, 0) is 11.2 Å². The Hall–Kier alpha value is -4.12. The highest BCUT2D eigenvalue weighted by atomic mass is 16.2. The first-order chi connectivity index (χ1) is 15.6. The van der Waals surface area contributed by atoms with Crippen LogP contribution >= 0.6 is 0 Å². The molecule has 3 N–H and O–H groups in total. The fraction of sp³-hybridized carbons (Fsp3) is 0.111. The molecule has 5 nitrogen and oxygen atoms in total. The molecule has 0 aliphatic heterocycles. The van der Waals surface area contributed by atoms with E-state index in [0.29, 0.717) is 12.0 Å². The minimum atomic E-state index is -0.331. The van der Waals surface area contributed by atoms with E-state index in [-0.39, 0.29) is 23.6 Å². The molecule has 0 aliphatic carbocycles. The van der Waals surface area contributed by atoms with Gasteiger partial charge >= 0.3 is 0 Å². The number of rotatable bonds is 7. The first-order valence-electron chi connectivity index (χ1n) is 10.6. The smallest absolute Gasteiger partial charge is 0.268 e. The molecule has 160 valence electrons. The van der Waals surface area contributed by atoms with Crippen LogP contribution in [0.25, 0.3) is 17.0 Å². The molecule has 4 aromatic rings. The van der Waals surface area contributed by atoms with Crippen LogP contribution in [0.3, 0.4) is 0 Å². The van der Waals surface area contributed by atoms with Gasteiger partial charge in [0.25, 0.3) is 11.8 Å². The number of nitrogens with one attached hydrogen (secondary N) is 3. The van der Waals surface area contributed by atoms with E-state index in [2.05, 4.69) is 15.6 Å². The molecule has 1 atom stereocenters. The van der Waals surface area contributed by atoms with Gasteiger partial charge in [-0.05, 0) is 43.2 Å². The van der Waals surface area contributed by atoms with E-state index in [1.807, 2.05) is 73.8 Å². The second kappa shape index (κ2) is 9.79. The molecule has 5 heteroatoms. The fourth-order valence-electron chi connectivity index (χ4n) is 3.63. The molecule has 0 unspecified atom stereocenters. The first kappa shape index (κ1) is 21.1. The number of amides is 2. The predicted molar refractivity (Wildman–Crippen MR) is 128 cm³/mol. The summed E-state index contributed by atoms with van der Waals surface area (Å²) >= 11 is 0. The topological polar surface area (TPSA) is 74.0 Å². The molecule has 0 saturated heterocycles. The molecule has 2 amide bonds. The van der Waals surface area contributed by atoms with Crippen molar-refractivity contribution in [3.8, 4) is 0 Å². The average Bonchev–Trinajstić information content (AvgIpc) is 3.22. The maximum Gasteiger partial charge on any atom is 0.268 e. The number of hydrogen-bond acceptors (Lipinski definition) is 2. The van der Waals surface area contributed by atoms with Gasteiger partial charge in [-0.3, -0.25) is 9.59 Å². The van der Waals surface area contributed by atoms with Crippen molar-refractivity contribution in [3.63, 3.8) is 0 Å². The number of para-hydroxylation sites is 1. The Balaban J connectivity index is 1.59. The Morgan fingerprint density at radius 2 is 1.56 bits per heavy atom. The van der Waals surface area contributed by atoms with Crippen LogP contribution in [-0.4, -0.2) is 22.8 Å². The van der Waals surface area contributed by atoms with Gasteiger partial charge < -0.3 is 15.6 Å². The molecule has 32 heavy (non-hydrogen) atoms. The van der Waals surface area contributed by atoms with E-state index < -0.39 is 0 Å². The number of hydrogen-bond donors (Lipinski definition) is 3. The highest BCUT2D eigenvalue weighted by molar-refractivity contribution is 6.06. The Labute approximate surface area is 187 Å². The molecule has 3 aromatic carbocycles. The minimum Gasteiger partial charge on any atom is -0.361 e. The average molecular weight is 424 g/mol. The van der Waals surface area contributed by atoms with Crippen molar-refractivity contribution in [2.75, 3.05) is 0 Å². The van der Waals surface area contributed by atoms with Crippen molar-refractivity contribution in [1.29, 1.82) is 0 Å². The molecule has 0 aliphatic rings. The lowest BCUT2D eigenvalue weighted by Crippen LogP contribution is -2.40.